The molecule has 0 amide bonds. The first kappa shape index (κ1) is 16.9. The molecule has 114 valence electrons. The summed E-state index contributed by atoms with van der Waals surface area (Å²) in [5, 5.41) is 0. The highest BCUT2D eigenvalue weighted by atomic mass is 32.3. The zero-order valence-electron chi connectivity index (χ0n) is 11.6. The van der Waals surface area contributed by atoms with Crippen molar-refractivity contribution in [1.29, 1.82) is 0 Å². The van der Waals surface area contributed by atoms with Crippen LogP contribution >= 0.6 is 0 Å². The molecule has 0 fully saturated rings. The molecule has 8 heteroatoms. The molecule has 0 saturated carbocycles. The molecule has 0 radical (unpaired) electrons. The van der Waals surface area contributed by atoms with E-state index in [1.54, 1.807) is 0 Å². The summed E-state index contributed by atoms with van der Waals surface area (Å²) in [4.78, 5) is -0.681. The predicted molar refractivity (Wildman–Crippen MR) is 76.2 cm³/mol. The highest BCUT2D eigenvalue weighted by Crippen LogP contribution is 2.25. The average Bonchev–Trinajstić information content (AvgIpc) is 2.24. The summed E-state index contributed by atoms with van der Waals surface area (Å²) in [5.74, 6) is -0.169. The van der Waals surface area contributed by atoms with Crippen LogP contribution in [0.3, 0.4) is 0 Å². The van der Waals surface area contributed by atoms with Crippen LogP contribution in [0.25, 0.3) is 0 Å². The molecule has 1 aromatic carbocycles. The first-order valence-electron chi connectivity index (χ1n) is 5.95. The predicted octanol–water partition coefficient (Wildman–Crippen LogP) is 2.52. The molecular formula is C12H18FNO4S2. The van der Waals surface area contributed by atoms with Gasteiger partial charge in [-0.3, -0.25) is 4.72 Å². The van der Waals surface area contributed by atoms with Gasteiger partial charge in [0.15, 0.2) is 0 Å². The van der Waals surface area contributed by atoms with Crippen molar-refractivity contribution in [2.75, 3.05) is 10.5 Å². The molecule has 0 atom stereocenters. The Bertz CT molecular complexity index is 676. The van der Waals surface area contributed by atoms with Gasteiger partial charge in [0.2, 0.25) is 10.0 Å². The Morgan fingerprint density at radius 3 is 2.15 bits per heavy atom. The van der Waals surface area contributed by atoms with Crippen LogP contribution in [0.2, 0.25) is 0 Å². The molecule has 0 aliphatic heterocycles. The second-order valence-electron chi connectivity index (χ2n) is 5.67. The molecule has 0 spiro atoms. The zero-order valence-corrected chi connectivity index (χ0v) is 13.2. The largest absolute Gasteiger partial charge is 0.334 e. The summed E-state index contributed by atoms with van der Waals surface area (Å²) in [6, 6.07) is 4.97. The van der Waals surface area contributed by atoms with Crippen molar-refractivity contribution < 1.29 is 20.7 Å². The van der Waals surface area contributed by atoms with Gasteiger partial charge < -0.3 is 0 Å². The quantitative estimate of drug-likeness (QED) is 0.844. The SMILES string of the molecule is CC(C)(C)CCS(=O)(=O)Nc1ccccc1S(=O)(=O)F. The molecule has 0 heterocycles. The molecule has 20 heavy (non-hydrogen) atoms. The molecule has 0 aliphatic carbocycles. The Balaban J connectivity index is 3.00. The number of benzene rings is 1. The lowest BCUT2D eigenvalue weighted by molar-refractivity contribution is 0.397. The molecule has 0 saturated heterocycles. The van der Waals surface area contributed by atoms with Gasteiger partial charge in [-0.05, 0) is 24.0 Å². The number of para-hydroxylation sites is 1. The van der Waals surface area contributed by atoms with Crippen molar-refractivity contribution in [3.63, 3.8) is 0 Å². The summed E-state index contributed by atoms with van der Waals surface area (Å²) in [6.45, 7) is 5.67. The third kappa shape index (κ3) is 5.46. The molecule has 1 aromatic rings. The van der Waals surface area contributed by atoms with E-state index >= 15 is 0 Å². The lowest BCUT2D eigenvalue weighted by Gasteiger charge is -2.18. The molecule has 0 aromatic heterocycles. The number of rotatable bonds is 5. The van der Waals surface area contributed by atoms with E-state index in [4.69, 9.17) is 0 Å². The van der Waals surface area contributed by atoms with Crippen LogP contribution in [0.5, 0.6) is 0 Å². The van der Waals surface area contributed by atoms with Crippen LogP contribution in [0.1, 0.15) is 27.2 Å². The number of anilines is 1. The van der Waals surface area contributed by atoms with E-state index in [1.165, 1.54) is 18.2 Å². The van der Waals surface area contributed by atoms with Crippen molar-refractivity contribution in [2.24, 2.45) is 5.41 Å². The Morgan fingerprint density at radius 2 is 1.65 bits per heavy atom. The highest BCUT2D eigenvalue weighted by molar-refractivity contribution is 7.92. The van der Waals surface area contributed by atoms with Gasteiger partial charge in [-0.1, -0.05) is 32.9 Å². The minimum absolute atomic E-state index is 0.169. The Morgan fingerprint density at radius 1 is 1.10 bits per heavy atom. The molecule has 0 aliphatic rings. The van der Waals surface area contributed by atoms with Gasteiger partial charge >= 0.3 is 10.2 Å². The van der Waals surface area contributed by atoms with Gasteiger partial charge in [-0.2, -0.15) is 8.42 Å². The topological polar surface area (TPSA) is 80.3 Å². The van der Waals surface area contributed by atoms with Crippen LogP contribution in [0.4, 0.5) is 9.57 Å². The minimum Gasteiger partial charge on any atom is -0.282 e. The van der Waals surface area contributed by atoms with Crippen LogP contribution in [0, 0.1) is 5.41 Å². The third-order valence-corrected chi connectivity index (χ3v) is 4.69. The fraction of sp³-hybridized carbons (Fsp3) is 0.500. The first-order valence-corrected chi connectivity index (χ1v) is 8.98. The van der Waals surface area contributed by atoms with Crippen molar-refractivity contribution >= 4 is 25.9 Å². The van der Waals surface area contributed by atoms with Gasteiger partial charge in [0.05, 0.1) is 11.4 Å². The maximum absolute atomic E-state index is 13.1. The van der Waals surface area contributed by atoms with Gasteiger partial charge in [-0.25, -0.2) is 8.42 Å². The normalized spacial score (nSPS) is 13.2. The van der Waals surface area contributed by atoms with Crippen molar-refractivity contribution in [3.8, 4) is 0 Å². The maximum Gasteiger partial charge on any atom is 0.334 e. The highest BCUT2D eigenvalue weighted by Gasteiger charge is 2.22. The fourth-order valence-corrected chi connectivity index (χ4v) is 3.61. The van der Waals surface area contributed by atoms with E-state index < -0.39 is 25.1 Å². The number of halogens is 1. The molecule has 0 bridgehead atoms. The minimum atomic E-state index is -4.98. The van der Waals surface area contributed by atoms with E-state index in [0.717, 1.165) is 6.07 Å². The second-order valence-corrected chi connectivity index (χ2v) is 8.82. The van der Waals surface area contributed by atoms with E-state index in [1.807, 2.05) is 20.8 Å². The third-order valence-electron chi connectivity index (χ3n) is 2.54. The summed E-state index contributed by atoms with van der Waals surface area (Å²) < 4.78 is 60.9. The van der Waals surface area contributed by atoms with Crippen molar-refractivity contribution in [1.82, 2.24) is 0 Å². The van der Waals surface area contributed by atoms with Gasteiger partial charge in [0, 0.05) is 0 Å². The number of nitrogens with one attached hydrogen (secondary N) is 1. The fourth-order valence-electron chi connectivity index (χ4n) is 1.42. The van der Waals surface area contributed by atoms with Crippen LogP contribution in [0.15, 0.2) is 29.2 Å². The lowest BCUT2D eigenvalue weighted by Crippen LogP contribution is -2.21. The second kappa shape index (κ2) is 5.69. The maximum atomic E-state index is 13.1. The van der Waals surface area contributed by atoms with Crippen molar-refractivity contribution in [2.45, 2.75) is 32.1 Å². The lowest BCUT2D eigenvalue weighted by atomic mass is 9.94. The average molecular weight is 323 g/mol. The smallest absolute Gasteiger partial charge is 0.282 e. The first-order chi connectivity index (χ1) is 8.91. The summed E-state index contributed by atoms with van der Waals surface area (Å²) in [5.41, 5.74) is -0.454. The molecule has 0 unspecified atom stereocenters. The zero-order chi connectivity index (χ0) is 15.6. The monoisotopic (exact) mass is 323 g/mol. The van der Waals surface area contributed by atoms with Crippen molar-refractivity contribution in [3.05, 3.63) is 24.3 Å². The van der Waals surface area contributed by atoms with Crippen LogP contribution in [-0.2, 0) is 20.2 Å². The van der Waals surface area contributed by atoms with E-state index in [-0.39, 0.29) is 16.9 Å². The standard InChI is InChI=1S/C12H18FNO4S2/c1-12(2,3)8-9-19(15,16)14-10-6-4-5-7-11(10)20(13,17)18/h4-7,14H,8-9H2,1-3H3. The van der Waals surface area contributed by atoms with Crippen LogP contribution < -0.4 is 4.72 Å². The van der Waals surface area contributed by atoms with E-state index in [9.17, 15) is 20.7 Å². The van der Waals surface area contributed by atoms with Crippen LogP contribution in [-0.4, -0.2) is 22.6 Å². The summed E-state index contributed by atoms with van der Waals surface area (Å²) in [7, 11) is -8.71. The number of hydrogen-bond donors (Lipinski definition) is 1. The Hall–Kier alpha value is -1.15. The molecule has 1 N–H and O–H groups in total. The number of sulfonamides is 1. The molecule has 1 rings (SSSR count). The molecular weight excluding hydrogens is 305 g/mol. The van der Waals surface area contributed by atoms with E-state index in [2.05, 4.69) is 4.72 Å². The summed E-state index contributed by atoms with van der Waals surface area (Å²) in [6.07, 6.45) is 0.396. The Labute approximate surface area is 119 Å². The van der Waals surface area contributed by atoms with Gasteiger partial charge in [-0.15, -0.1) is 3.89 Å². The van der Waals surface area contributed by atoms with Gasteiger partial charge in [0.1, 0.15) is 4.90 Å². The van der Waals surface area contributed by atoms with E-state index in [0.29, 0.717) is 6.42 Å². The van der Waals surface area contributed by atoms with Gasteiger partial charge in [0.25, 0.3) is 0 Å². The number of hydrogen-bond acceptors (Lipinski definition) is 4. The Kier molecular flexibility index (Phi) is 4.81. The summed E-state index contributed by atoms with van der Waals surface area (Å²) >= 11 is 0. The molecule has 5 nitrogen and oxygen atoms in total.